The molecule has 1 aromatic carbocycles. The van der Waals surface area contributed by atoms with Gasteiger partial charge in [0.25, 0.3) is 0 Å². The molecule has 0 atom stereocenters. The second-order valence-electron chi connectivity index (χ2n) is 7.40. The lowest BCUT2D eigenvalue weighted by Crippen LogP contribution is -2.44. The fraction of sp³-hybridized carbons (Fsp3) is 0.500. The minimum absolute atomic E-state index is 0.0538. The Labute approximate surface area is 170 Å². The minimum Gasteiger partial charge on any atom is -0.395 e. The molecule has 3 rings (SSSR count). The number of aliphatic hydroxyl groups is 2. The summed E-state index contributed by atoms with van der Waals surface area (Å²) >= 11 is 0. The molecular weight excluding hydrogens is 396 g/mol. The van der Waals surface area contributed by atoms with Crippen molar-refractivity contribution < 1.29 is 28.2 Å². The quantitative estimate of drug-likeness (QED) is 0.662. The van der Waals surface area contributed by atoms with Crippen LogP contribution in [0.5, 0.6) is 0 Å². The molecule has 2 N–H and O–H groups in total. The molecule has 0 amide bonds. The van der Waals surface area contributed by atoms with Gasteiger partial charge < -0.3 is 15.1 Å². The number of piperidine rings is 1. The number of carbonyl (C=O) groups is 2. The van der Waals surface area contributed by atoms with Gasteiger partial charge >= 0.3 is 0 Å². The Morgan fingerprint density at radius 3 is 2.03 bits per heavy atom. The number of aliphatic hydroxyl groups excluding tert-OH is 2. The van der Waals surface area contributed by atoms with Gasteiger partial charge in [0.2, 0.25) is 21.6 Å². The van der Waals surface area contributed by atoms with Gasteiger partial charge in [-0.1, -0.05) is 31.2 Å². The Morgan fingerprint density at radius 2 is 1.52 bits per heavy atom. The standard InChI is InChI=1S/C20H26N2O6S/c1-14-6-8-21(9-7-14)17-18(25)15-4-2-3-5-16(15)19(26)20(17)29(27,28)22(10-12-23)11-13-24/h2-5,14,23-24H,6-13H2,1H3. The maximum absolute atomic E-state index is 13.4. The lowest BCUT2D eigenvalue weighted by Gasteiger charge is -2.36. The van der Waals surface area contributed by atoms with Crippen LogP contribution in [0.2, 0.25) is 0 Å². The van der Waals surface area contributed by atoms with E-state index in [4.69, 9.17) is 0 Å². The molecule has 1 aliphatic carbocycles. The van der Waals surface area contributed by atoms with Crippen molar-refractivity contribution in [3.63, 3.8) is 0 Å². The number of ketones is 2. The highest BCUT2D eigenvalue weighted by Crippen LogP contribution is 2.34. The maximum Gasteiger partial charge on any atom is 0.249 e. The van der Waals surface area contributed by atoms with Gasteiger partial charge in [0.15, 0.2) is 4.91 Å². The van der Waals surface area contributed by atoms with Gasteiger partial charge in [0, 0.05) is 37.3 Å². The van der Waals surface area contributed by atoms with E-state index in [1.54, 1.807) is 17.0 Å². The summed E-state index contributed by atoms with van der Waals surface area (Å²) in [6.07, 6.45) is 1.58. The number of carbonyl (C=O) groups excluding carboxylic acids is 2. The molecule has 8 nitrogen and oxygen atoms in total. The average Bonchev–Trinajstić information content (AvgIpc) is 2.71. The number of rotatable bonds is 7. The largest absolute Gasteiger partial charge is 0.395 e. The van der Waals surface area contributed by atoms with Crippen LogP contribution in [0.3, 0.4) is 0 Å². The van der Waals surface area contributed by atoms with E-state index >= 15 is 0 Å². The van der Waals surface area contributed by atoms with Gasteiger partial charge in [-0.05, 0) is 18.8 Å². The van der Waals surface area contributed by atoms with Crippen molar-refractivity contribution >= 4 is 21.6 Å². The van der Waals surface area contributed by atoms with Crippen molar-refractivity contribution in [2.45, 2.75) is 19.8 Å². The molecule has 0 spiro atoms. The summed E-state index contributed by atoms with van der Waals surface area (Å²) in [6, 6.07) is 6.21. The van der Waals surface area contributed by atoms with E-state index in [0.717, 1.165) is 17.1 Å². The van der Waals surface area contributed by atoms with E-state index in [0.29, 0.717) is 19.0 Å². The third-order valence-electron chi connectivity index (χ3n) is 5.45. The minimum atomic E-state index is -4.40. The zero-order valence-corrected chi connectivity index (χ0v) is 17.2. The number of Topliss-reactive ketones (excluding diaryl/α,β-unsaturated/α-hetero) is 2. The molecule has 0 unspecified atom stereocenters. The molecule has 0 bridgehead atoms. The monoisotopic (exact) mass is 422 g/mol. The van der Waals surface area contributed by atoms with Gasteiger partial charge in [-0.15, -0.1) is 0 Å². The SMILES string of the molecule is CC1CCN(C2=C(S(=O)(=O)N(CCO)CCO)C(=O)c3ccccc3C2=O)CC1. The number of nitrogens with zero attached hydrogens (tertiary/aromatic N) is 2. The zero-order valence-electron chi connectivity index (χ0n) is 16.4. The highest BCUT2D eigenvalue weighted by molar-refractivity contribution is 7.94. The van der Waals surface area contributed by atoms with Crippen LogP contribution in [0, 0.1) is 5.92 Å². The van der Waals surface area contributed by atoms with E-state index in [2.05, 4.69) is 6.92 Å². The first-order valence-corrected chi connectivity index (χ1v) is 11.2. The molecule has 1 aliphatic heterocycles. The molecule has 9 heteroatoms. The van der Waals surface area contributed by atoms with Crippen LogP contribution in [0.4, 0.5) is 0 Å². The van der Waals surface area contributed by atoms with Gasteiger partial charge in [-0.2, -0.15) is 4.31 Å². The van der Waals surface area contributed by atoms with E-state index in [1.165, 1.54) is 12.1 Å². The van der Waals surface area contributed by atoms with E-state index in [9.17, 15) is 28.2 Å². The summed E-state index contributed by atoms with van der Waals surface area (Å²) < 4.78 is 27.6. The molecule has 2 aliphatic rings. The highest BCUT2D eigenvalue weighted by atomic mass is 32.2. The van der Waals surface area contributed by atoms with Crippen LogP contribution < -0.4 is 0 Å². The summed E-state index contributed by atoms with van der Waals surface area (Å²) in [5.41, 5.74) is 0.153. The van der Waals surface area contributed by atoms with E-state index in [-0.39, 0.29) is 29.9 Å². The van der Waals surface area contributed by atoms with Crippen molar-refractivity contribution in [1.29, 1.82) is 0 Å². The Bertz CT molecular complexity index is 926. The number of hydrogen-bond acceptors (Lipinski definition) is 7. The molecule has 158 valence electrons. The normalized spacial score (nSPS) is 18.6. The highest BCUT2D eigenvalue weighted by Gasteiger charge is 2.43. The predicted molar refractivity (Wildman–Crippen MR) is 107 cm³/mol. The van der Waals surface area contributed by atoms with Crippen molar-refractivity contribution in [2.75, 3.05) is 39.4 Å². The van der Waals surface area contributed by atoms with Gasteiger partial charge in [-0.25, -0.2) is 8.42 Å². The summed E-state index contributed by atoms with van der Waals surface area (Å²) in [6.45, 7) is 1.56. The lowest BCUT2D eigenvalue weighted by atomic mass is 9.90. The van der Waals surface area contributed by atoms with Crippen LogP contribution in [-0.4, -0.2) is 78.8 Å². The number of benzene rings is 1. The predicted octanol–water partition coefficient (Wildman–Crippen LogP) is 0.626. The third kappa shape index (κ3) is 4.00. The van der Waals surface area contributed by atoms with Crippen LogP contribution in [0.15, 0.2) is 34.9 Å². The summed E-state index contributed by atoms with van der Waals surface area (Å²) in [5, 5.41) is 18.6. The maximum atomic E-state index is 13.4. The number of likely N-dealkylation sites (tertiary alicyclic amines) is 1. The third-order valence-corrected chi connectivity index (χ3v) is 7.39. The smallest absolute Gasteiger partial charge is 0.249 e. The van der Waals surface area contributed by atoms with Crippen LogP contribution >= 0.6 is 0 Å². The van der Waals surface area contributed by atoms with Crippen LogP contribution in [-0.2, 0) is 10.0 Å². The zero-order chi connectivity index (χ0) is 21.2. The fourth-order valence-electron chi connectivity index (χ4n) is 3.80. The van der Waals surface area contributed by atoms with Crippen molar-refractivity contribution in [1.82, 2.24) is 9.21 Å². The van der Waals surface area contributed by atoms with E-state index < -0.39 is 39.7 Å². The Morgan fingerprint density at radius 1 is 1.00 bits per heavy atom. The molecule has 1 heterocycles. The van der Waals surface area contributed by atoms with Gasteiger partial charge in [0.05, 0.1) is 13.2 Å². The average molecular weight is 423 g/mol. The first kappa shape index (κ1) is 21.6. The summed E-state index contributed by atoms with van der Waals surface area (Å²) in [5.74, 6) is -0.759. The fourth-order valence-corrected chi connectivity index (χ4v) is 5.52. The second kappa shape index (κ2) is 8.74. The number of allylic oxidation sites excluding steroid dienone is 2. The first-order chi connectivity index (χ1) is 13.8. The molecule has 1 saturated heterocycles. The topological polar surface area (TPSA) is 115 Å². The summed E-state index contributed by atoms with van der Waals surface area (Å²) in [7, 11) is -4.40. The lowest BCUT2D eigenvalue weighted by molar-refractivity contribution is 0.0932. The Balaban J connectivity index is 2.19. The summed E-state index contributed by atoms with van der Waals surface area (Å²) in [4.78, 5) is 27.7. The molecule has 0 aromatic heterocycles. The van der Waals surface area contributed by atoms with Crippen molar-refractivity contribution in [2.24, 2.45) is 5.92 Å². The van der Waals surface area contributed by atoms with Crippen molar-refractivity contribution in [3.05, 3.63) is 46.0 Å². The Kier molecular flexibility index (Phi) is 6.52. The molecular formula is C20H26N2O6S. The van der Waals surface area contributed by atoms with E-state index in [1.807, 2.05) is 0 Å². The van der Waals surface area contributed by atoms with Gasteiger partial charge in [-0.3, -0.25) is 9.59 Å². The van der Waals surface area contributed by atoms with Crippen molar-refractivity contribution in [3.8, 4) is 0 Å². The number of fused-ring (bicyclic) bond motifs is 1. The van der Waals surface area contributed by atoms with Crippen LogP contribution in [0.1, 0.15) is 40.5 Å². The van der Waals surface area contributed by atoms with Gasteiger partial charge in [0.1, 0.15) is 5.70 Å². The number of hydrogen-bond donors (Lipinski definition) is 2. The Hall–Kier alpha value is -2.07. The molecule has 29 heavy (non-hydrogen) atoms. The first-order valence-electron chi connectivity index (χ1n) is 9.72. The molecule has 0 saturated carbocycles. The second-order valence-corrected chi connectivity index (χ2v) is 9.28. The van der Waals surface area contributed by atoms with Crippen LogP contribution in [0.25, 0.3) is 0 Å². The molecule has 0 radical (unpaired) electrons. The molecule has 1 fully saturated rings. The number of sulfonamides is 1. The molecule has 1 aromatic rings.